The Balaban J connectivity index is 2.49. The van der Waals surface area contributed by atoms with Crippen LogP contribution < -0.4 is 0 Å². The summed E-state index contributed by atoms with van der Waals surface area (Å²) >= 11 is 3.15. The molecule has 0 amide bonds. The number of hydrogen-bond donors (Lipinski definition) is 2. The molecule has 0 fully saturated rings. The first-order valence-electron chi connectivity index (χ1n) is 6.32. The fourth-order valence-corrected chi connectivity index (χ4v) is 2.75. The SMILES string of the molecule is Cc1cc(C(O)C(O)CBr)c(C)n1-c1cccc(F)c1. The zero-order valence-electron chi connectivity index (χ0n) is 11.3. The first-order chi connectivity index (χ1) is 9.45. The summed E-state index contributed by atoms with van der Waals surface area (Å²) in [5.74, 6) is -0.308. The van der Waals surface area contributed by atoms with E-state index in [1.807, 2.05) is 24.5 Å². The number of aryl methyl sites for hydroxylation is 1. The van der Waals surface area contributed by atoms with Crippen LogP contribution in [-0.4, -0.2) is 26.2 Å². The van der Waals surface area contributed by atoms with Crippen molar-refractivity contribution in [1.29, 1.82) is 0 Å². The van der Waals surface area contributed by atoms with E-state index in [1.165, 1.54) is 12.1 Å². The molecule has 5 heteroatoms. The summed E-state index contributed by atoms with van der Waals surface area (Å²) in [5.41, 5.74) is 3.02. The van der Waals surface area contributed by atoms with Gasteiger partial charge in [0.15, 0.2) is 0 Å². The molecule has 2 rings (SSSR count). The topological polar surface area (TPSA) is 45.4 Å². The summed E-state index contributed by atoms with van der Waals surface area (Å²) in [6.45, 7) is 3.73. The van der Waals surface area contributed by atoms with Crippen molar-refractivity contribution in [3.8, 4) is 5.69 Å². The average molecular weight is 342 g/mol. The highest BCUT2D eigenvalue weighted by molar-refractivity contribution is 9.09. The summed E-state index contributed by atoms with van der Waals surface area (Å²) < 4.78 is 15.2. The van der Waals surface area contributed by atoms with E-state index < -0.39 is 12.2 Å². The maximum absolute atomic E-state index is 13.4. The second-order valence-electron chi connectivity index (χ2n) is 4.81. The van der Waals surface area contributed by atoms with Gasteiger partial charge in [-0.25, -0.2) is 4.39 Å². The Hall–Kier alpha value is -1.17. The molecule has 2 N–H and O–H groups in total. The van der Waals surface area contributed by atoms with Crippen LogP contribution in [0.25, 0.3) is 5.69 Å². The number of alkyl halides is 1. The lowest BCUT2D eigenvalue weighted by Gasteiger charge is -2.16. The molecule has 0 radical (unpaired) electrons. The fourth-order valence-electron chi connectivity index (χ4n) is 2.39. The minimum absolute atomic E-state index is 0.289. The highest BCUT2D eigenvalue weighted by atomic mass is 79.9. The normalized spacial score (nSPS) is 14.3. The third kappa shape index (κ3) is 2.80. The Morgan fingerprint density at radius 2 is 1.95 bits per heavy atom. The van der Waals surface area contributed by atoms with Crippen LogP contribution in [0.2, 0.25) is 0 Å². The zero-order valence-corrected chi connectivity index (χ0v) is 12.9. The van der Waals surface area contributed by atoms with Crippen molar-refractivity contribution in [2.45, 2.75) is 26.1 Å². The van der Waals surface area contributed by atoms with Crippen LogP contribution in [0.3, 0.4) is 0 Å². The fraction of sp³-hybridized carbons (Fsp3) is 0.333. The minimum Gasteiger partial charge on any atom is -0.389 e. The summed E-state index contributed by atoms with van der Waals surface area (Å²) in [5, 5.41) is 20.2. The van der Waals surface area contributed by atoms with E-state index in [0.717, 1.165) is 11.4 Å². The molecule has 1 heterocycles. The number of rotatable bonds is 4. The summed E-state index contributed by atoms with van der Waals surface area (Å²) in [7, 11) is 0. The van der Waals surface area contributed by atoms with Gasteiger partial charge in [0.05, 0.1) is 6.10 Å². The van der Waals surface area contributed by atoms with Crippen LogP contribution in [0.5, 0.6) is 0 Å². The van der Waals surface area contributed by atoms with Gasteiger partial charge in [0.1, 0.15) is 11.9 Å². The Morgan fingerprint density at radius 1 is 1.25 bits per heavy atom. The van der Waals surface area contributed by atoms with Crippen molar-refractivity contribution in [1.82, 2.24) is 4.57 Å². The molecule has 0 aliphatic carbocycles. The van der Waals surface area contributed by atoms with Crippen molar-refractivity contribution >= 4 is 15.9 Å². The monoisotopic (exact) mass is 341 g/mol. The predicted molar refractivity (Wildman–Crippen MR) is 80.0 cm³/mol. The van der Waals surface area contributed by atoms with E-state index >= 15 is 0 Å². The highest BCUT2D eigenvalue weighted by Gasteiger charge is 2.22. The standard InChI is InChI=1S/C15H17BrFNO2/c1-9-6-13(15(20)14(19)8-16)10(2)18(9)12-5-3-4-11(17)7-12/h3-7,14-15,19-20H,8H2,1-2H3. The van der Waals surface area contributed by atoms with Crippen LogP contribution in [0.4, 0.5) is 4.39 Å². The molecule has 20 heavy (non-hydrogen) atoms. The molecule has 0 saturated heterocycles. The van der Waals surface area contributed by atoms with Gasteiger partial charge in [-0.05, 0) is 38.1 Å². The lowest BCUT2D eigenvalue weighted by atomic mass is 10.1. The van der Waals surface area contributed by atoms with Gasteiger partial charge in [-0.3, -0.25) is 0 Å². The number of aliphatic hydroxyl groups is 2. The molecule has 108 valence electrons. The van der Waals surface area contributed by atoms with Gasteiger partial charge in [-0.15, -0.1) is 0 Å². The quantitative estimate of drug-likeness (QED) is 0.839. The second-order valence-corrected chi connectivity index (χ2v) is 5.46. The van der Waals surface area contributed by atoms with Gasteiger partial charge in [0.25, 0.3) is 0 Å². The molecule has 2 atom stereocenters. The molecule has 3 nitrogen and oxygen atoms in total. The van der Waals surface area contributed by atoms with Gasteiger partial charge >= 0.3 is 0 Å². The number of hydrogen-bond acceptors (Lipinski definition) is 2. The summed E-state index contributed by atoms with van der Waals surface area (Å²) in [4.78, 5) is 0. The average Bonchev–Trinajstić information content (AvgIpc) is 2.72. The molecular weight excluding hydrogens is 325 g/mol. The van der Waals surface area contributed by atoms with Crippen molar-refractivity contribution in [3.63, 3.8) is 0 Å². The van der Waals surface area contributed by atoms with Crippen LogP contribution in [0.15, 0.2) is 30.3 Å². The maximum Gasteiger partial charge on any atom is 0.125 e. The van der Waals surface area contributed by atoms with E-state index in [9.17, 15) is 14.6 Å². The van der Waals surface area contributed by atoms with Gasteiger partial charge in [-0.1, -0.05) is 22.0 Å². The number of halogens is 2. The minimum atomic E-state index is -0.970. The largest absolute Gasteiger partial charge is 0.389 e. The van der Waals surface area contributed by atoms with E-state index in [0.29, 0.717) is 11.3 Å². The molecule has 0 spiro atoms. The number of aromatic nitrogens is 1. The second kappa shape index (κ2) is 6.08. The zero-order chi connectivity index (χ0) is 14.9. The van der Waals surface area contributed by atoms with Gasteiger partial charge in [0.2, 0.25) is 0 Å². The van der Waals surface area contributed by atoms with Crippen molar-refractivity contribution in [2.24, 2.45) is 0 Å². The Labute approximate surface area is 125 Å². The lowest BCUT2D eigenvalue weighted by Crippen LogP contribution is -2.20. The third-order valence-corrected chi connectivity index (χ3v) is 4.04. The molecule has 1 aromatic carbocycles. The van der Waals surface area contributed by atoms with Crippen LogP contribution in [0.1, 0.15) is 23.1 Å². The molecule has 0 aliphatic rings. The van der Waals surface area contributed by atoms with Gasteiger partial charge in [0, 0.05) is 28.0 Å². The molecule has 0 saturated carbocycles. The molecule has 2 unspecified atom stereocenters. The van der Waals surface area contributed by atoms with Crippen molar-refractivity contribution in [2.75, 3.05) is 5.33 Å². The van der Waals surface area contributed by atoms with Crippen molar-refractivity contribution in [3.05, 3.63) is 53.1 Å². The summed E-state index contributed by atoms with van der Waals surface area (Å²) in [6, 6.07) is 8.10. The Morgan fingerprint density at radius 3 is 2.55 bits per heavy atom. The summed E-state index contributed by atoms with van der Waals surface area (Å²) in [6.07, 6.45) is -1.85. The van der Waals surface area contributed by atoms with Gasteiger partial charge in [-0.2, -0.15) is 0 Å². The first-order valence-corrected chi connectivity index (χ1v) is 7.44. The predicted octanol–water partition coefficient (Wildman–Crippen LogP) is 3.02. The maximum atomic E-state index is 13.4. The van der Waals surface area contributed by atoms with Crippen LogP contribution in [-0.2, 0) is 0 Å². The van der Waals surface area contributed by atoms with E-state index in [4.69, 9.17) is 0 Å². The third-order valence-electron chi connectivity index (χ3n) is 3.38. The molecular formula is C15H17BrFNO2. The van der Waals surface area contributed by atoms with Crippen molar-refractivity contribution < 1.29 is 14.6 Å². The Kier molecular flexibility index (Phi) is 4.62. The van der Waals surface area contributed by atoms with E-state index in [1.54, 1.807) is 12.1 Å². The van der Waals surface area contributed by atoms with E-state index in [2.05, 4.69) is 15.9 Å². The Bertz CT molecular complexity index is 612. The molecule has 2 aromatic rings. The number of nitrogens with zero attached hydrogens (tertiary/aromatic N) is 1. The van der Waals surface area contributed by atoms with Crippen LogP contribution >= 0.6 is 15.9 Å². The van der Waals surface area contributed by atoms with Crippen LogP contribution in [0, 0.1) is 19.7 Å². The lowest BCUT2D eigenvalue weighted by molar-refractivity contribution is 0.0339. The highest BCUT2D eigenvalue weighted by Crippen LogP contribution is 2.28. The van der Waals surface area contributed by atoms with E-state index in [-0.39, 0.29) is 11.1 Å². The van der Waals surface area contributed by atoms with Gasteiger partial charge < -0.3 is 14.8 Å². The molecule has 0 bridgehead atoms. The first kappa shape index (κ1) is 15.2. The molecule has 0 aliphatic heterocycles. The number of aliphatic hydroxyl groups excluding tert-OH is 2. The molecule has 1 aromatic heterocycles. The smallest absolute Gasteiger partial charge is 0.125 e. The number of benzene rings is 1.